The van der Waals surface area contributed by atoms with Crippen LogP contribution in [0.1, 0.15) is 33.6 Å². The number of halogens is 1. The van der Waals surface area contributed by atoms with E-state index in [1.165, 1.54) is 28.4 Å². The Morgan fingerprint density at radius 3 is 2.83 bits per heavy atom. The van der Waals surface area contributed by atoms with Crippen molar-refractivity contribution >= 4 is 49.5 Å². The molecule has 1 aliphatic rings. The normalized spacial score (nSPS) is 17.1. The zero-order valence-electron chi connectivity index (χ0n) is 16.5. The number of nitrogens with one attached hydrogen (secondary N) is 1. The molecule has 6 nitrogen and oxygen atoms in total. The summed E-state index contributed by atoms with van der Waals surface area (Å²) >= 11 is 1.34. The number of carbonyl (C=O) groups is 2. The maximum Gasteiger partial charge on any atom is 0.410 e. The Kier molecular flexibility index (Phi) is 4.90. The summed E-state index contributed by atoms with van der Waals surface area (Å²) < 4.78 is 19.8. The maximum absolute atomic E-state index is 13.5. The van der Waals surface area contributed by atoms with Crippen LogP contribution in [0.3, 0.4) is 0 Å². The molecule has 0 unspecified atom stereocenters. The molecular weight excluding hydrogens is 393 g/mol. The van der Waals surface area contributed by atoms with Gasteiger partial charge in [0.05, 0.1) is 10.2 Å². The number of amides is 2. The van der Waals surface area contributed by atoms with Gasteiger partial charge in [0.1, 0.15) is 17.5 Å². The van der Waals surface area contributed by atoms with Crippen LogP contribution in [0.4, 0.5) is 14.3 Å². The van der Waals surface area contributed by atoms with Gasteiger partial charge in [0.25, 0.3) is 0 Å². The largest absolute Gasteiger partial charge is 0.444 e. The minimum atomic E-state index is -0.617. The number of ether oxygens (including phenoxy) is 1. The summed E-state index contributed by atoms with van der Waals surface area (Å²) in [7, 11) is 0. The fourth-order valence-corrected chi connectivity index (χ4v) is 4.51. The van der Waals surface area contributed by atoms with Crippen molar-refractivity contribution in [3.05, 3.63) is 36.1 Å². The third kappa shape index (κ3) is 4.03. The van der Waals surface area contributed by atoms with Crippen molar-refractivity contribution in [1.29, 1.82) is 0 Å². The van der Waals surface area contributed by atoms with Crippen LogP contribution in [0.15, 0.2) is 30.3 Å². The molecule has 2 aromatic carbocycles. The van der Waals surface area contributed by atoms with Crippen LogP contribution in [-0.2, 0) is 9.53 Å². The molecule has 0 spiro atoms. The standard InChI is InChI=1S/C21H22FN3O3S/c1-21(2,3)28-20(27)25-10-4-5-16(25)18(26)24-19-23-15-9-6-12-11-13(22)7-8-14(12)17(15)29-19/h6-9,11,16H,4-5,10H2,1-3H3,(H,23,24,26)/t16-/m1/s1. The summed E-state index contributed by atoms with van der Waals surface area (Å²) in [4.78, 5) is 31.2. The second kappa shape index (κ2) is 7.26. The smallest absolute Gasteiger partial charge is 0.410 e. The number of hydrogen-bond acceptors (Lipinski definition) is 5. The number of thiazole rings is 1. The molecule has 2 amide bonds. The third-order valence-corrected chi connectivity index (χ3v) is 5.77. The van der Waals surface area contributed by atoms with Crippen LogP contribution in [-0.4, -0.2) is 40.1 Å². The second-order valence-electron chi connectivity index (χ2n) is 8.12. The molecule has 0 radical (unpaired) electrons. The van der Waals surface area contributed by atoms with Gasteiger partial charge in [-0.1, -0.05) is 17.4 Å². The summed E-state index contributed by atoms with van der Waals surface area (Å²) in [6.45, 7) is 5.89. The van der Waals surface area contributed by atoms with Gasteiger partial charge < -0.3 is 10.1 Å². The first-order valence-corrected chi connectivity index (χ1v) is 10.3. The van der Waals surface area contributed by atoms with Crippen LogP contribution in [0.5, 0.6) is 0 Å². The van der Waals surface area contributed by atoms with Crippen LogP contribution >= 0.6 is 11.3 Å². The van der Waals surface area contributed by atoms with Gasteiger partial charge in [0.15, 0.2) is 5.13 Å². The summed E-state index contributed by atoms with van der Waals surface area (Å²) in [5.41, 5.74) is 0.119. The van der Waals surface area contributed by atoms with Crippen molar-refractivity contribution in [2.24, 2.45) is 0 Å². The Morgan fingerprint density at radius 1 is 1.28 bits per heavy atom. The Bertz CT molecular complexity index is 1110. The van der Waals surface area contributed by atoms with Gasteiger partial charge in [-0.25, -0.2) is 14.2 Å². The average molecular weight is 415 g/mol. The van der Waals surface area contributed by atoms with Crippen LogP contribution in [0, 0.1) is 5.82 Å². The second-order valence-corrected chi connectivity index (χ2v) is 9.12. The first-order valence-electron chi connectivity index (χ1n) is 9.50. The molecule has 0 saturated carbocycles. The van der Waals surface area contributed by atoms with E-state index in [0.717, 1.165) is 27.4 Å². The van der Waals surface area contributed by atoms with Gasteiger partial charge in [-0.15, -0.1) is 0 Å². The lowest BCUT2D eigenvalue weighted by Gasteiger charge is -2.27. The lowest BCUT2D eigenvalue weighted by Crippen LogP contribution is -2.45. The van der Waals surface area contributed by atoms with Gasteiger partial charge in [0.2, 0.25) is 5.91 Å². The highest BCUT2D eigenvalue weighted by atomic mass is 32.1. The number of carbonyl (C=O) groups excluding carboxylic acids is 2. The Balaban J connectivity index is 1.55. The lowest BCUT2D eigenvalue weighted by molar-refractivity contribution is -0.120. The predicted octanol–water partition coefficient (Wildman–Crippen LogP) is 4.93. The van der Waals surface area contributed by atoms with E-state index in [1.807, 2.05) is 12.1 Å². The number of rotatable bonds is 2. The average Bonchev–Trinajstić information content (AvgIpc) is 3.26. The van der Waals surface area contributed by atoms with Crippen molar-refractivity contribution in [3.8, 4) is 0 Å². The van der Waals surface area contributed by atoms with E-state index in [2.05, 4.69) is 10.3 Å². The quantitative estimate of drug-likeness (QED) is 0.644. The molecule has 8 heteroatoms. The molecule has 1 saturated heterocycles. The molecular formula is C21H22FN3O3S. The number of benzene rings is 2. The zero-order valence-corrected chi connectivity index (χ0v) is 17.3. The summed E-state index contributed by atoms with van der Waals surface area (Å²) in [5.74, 6) is -0.568. The Morgan fingerprint density at radius 2 is 2.07 bits per heavy atom. The molecule has 0 bridgehead atoms. The van der Waals surface area contributed by atoms with E-state index in [0.29, 0.717) is 18.1 Å². The minimum absolute atomic E-state index is 0.275. The third-order valence-electron chi connectivity index (χ3n) is 4.75. The van der Waals surface area contributed by atoms with E-state index in [4.69, 9.17) is 4.74 Å². The van der Waals surface area contributed by atoms with Gasteiger partial charge in [-0.3, -0.25) is 9.69 Å². The van der Waals surface area contributed by atoms with Crippen molar-refractivity contribution in [2.75, 3.05) is 11.9 Å². The van der Waals surface area contributed by atoms with Gasteiger partial charge in [-0.2, -0.15) is 0 Å². The Labute approximate surface area is 171 Å². The number of anilines is 1. The fourth-order valence-electron chi connectivity index (χ4n) is 3.51. The number of aromatic nitrogens is 1. The monoisotopic (exact) mass is 415 g/mol. The highest BCUT2D eigenvalue weighted by Gasteiger charge is 2.36. The summed E-state index contributed by atoms with van der Waals surface area (Å²) in [6, 6.07) is 7.65. The number of hydrogen-bond donors (Lipinski definition) is 1. The highest BCUT2D eigenvalue weighted by molar-refractivity contribution is 7.23. The molecule has 29 heavy (non-hydrogen) atoms. The lowest BCUT2D eigenvalue weighted by atomic mass is 10.1. The predicted molar refractivity (Wildman–Crippen MR) is 112 cm³/mol. The minimum Gasteiger partial charge on any atom is -0.444 e. The van der Waals surface area contributed by atoms with Crippen molar-refractivity contribution in [1.82, 2.24) is 9.88 Å². The first kappa shape index (κ1) is 19.6. The number of fused-ring (bicyclic) bond motifs is 3. The van der Waals surface area contributed by atoms with E-state index in [1.54, 1.807) is 26.8 Å². The van der Waals surface area contributed by atoms with E-state index < -0.39 is 17.7 Å². The summed E-state index contributed by atoms with van der Waals surface area (Å²) in [6.07, 6.45) is 0.846. The van der Waals surface area contributed by atoms with Crippen LogP contribution in [0.2, 0.25) is 0 Å². The van der Waals surface area contributed by atoms with Gasteiger partial charge in [-0.05, 0) is 63.3 Å². The molecule has 1 N–H and O–H groups in total. The number of likely N-dealkylation sites (tertiary alicyclic amines) is 1. The molecule has 0 aliphatic carbocycles. The van der Waals surface area contributed by atoms with E-state index in [9.17, 15) is 14.0 Å². The first-order chi connectivity index (χ1) is 13.7. The summed E-state index contributed by atoms with van der Waals surface area (Å²) in [5, 5.41) is 4.97. The molecule has 1 aliphatic heterocycles. The van der Waals surface area contributed by atoms with Gasteiger partial charge in [0, 0.05) is 11.9 Å². The molecule has 152 valence electrons. The van der Waals surface area contributed by atoms with Crippen molar-refractivity contribution in [3.63, 3.8) is 0 Å². The SMILES string of the molecule is CC(C)(C)OC(=O)N1CCC[C@@H]1C(=O)Nc1nc2ccc3cc(F)ccc3c2s1. The van der Waals surface area contributed by atoms with Gasteiger partial charge >= 0.3 is 6.09 Å². The van der Waals surface area contributed by atoms with E-state index >= 15 is 0 Å². The number of nitrogens with zero attached hydrogens (tertiary/aromatic N) is 2. The molecule has 1 atom stereocenters. The van der Waals surface area contributed by atoms with Crippen LogP contribution in [0.25, 0.3) is 21.0 Å². The molecule has 2 heterocycles. The highest BCUT2D eigenvalue weighted by Crippen LogP contribution is 2.33. The zero-order chi connectivity index (χ0) is 20.8. The molecule has 1 aromatic heterocycles. The maximum atomic E-state index is 13.5. The van der Waals surface area contributed by atoms with Crippen molar-refractivity contribution in [2.45, 2.75) is 45.3 Å². The molecule has 1 fully saturated rings. The van der Waals surface area contributed by atoms with Crippen molar-refractivity contribution < 1.29 is 18.7 Å². The topological polar surface area (TPSA) is 71.5 Å². The van der Waals surface area contributed by atoms with Crippen LogP contribution < -0.4 is 5.32 Å². The Hall–Kier alpha value is -2.74. The molecule has 4 rings (SSSR count). The van der Waals surface area contributed by atoms with E-state index in [-0.39, 0.29) is 11.7 Å². The molecule has 3 aromatic rings. The fraction of sp³-hybridized carbons (Fsp3) is 0.381.